The van der Waals surface area contributed by atoms with E-state index in [-0.39, 0.29) is 11.3 Å². The molecule has 1 aromatic rings. The molecule has 0 unspecified atom stereocenters. The number of nitrogens with one attached hydrogen (secondary N) is 2. The minimum Gasteiger partial charge on any atom is -0.495 e. The molecule has 0 aliphatic carbocycles. The molecule has 1 heterocycles. The highest BCUT2D eigenvalue weighted by Crippen LogP contribution is 2.35. The monoisotopic (exact) mass is 340 g/mol. The van der Waals surface area contributed by atoms with Crippen molar-refractivity contribution in [2.75, 3.05) is 25.5 Å². The van der Waals surface area contributed by atoms with Gasteiger partial charge in [0.15, 0.2) is 0 Å². The predicted octanol–water partition coefficient (Wildman–Crippen LogP) is 3.09. The molecule has 0 spiro atoms. The molecule has 2 rings (SSSR count). The van der Waals surface area contributed by atoms with Gasteiger partial charge in [0.2, 0.25) is 5.91 Å². The average molecular weight is 341 g/mol. The van der Waals surface area contributed by atoms with Gasteiger partial charge in [-0.3, -0.25) is 4.79 Å². The van der Waals surface area contributed by atoms with E-state index in [9.17, 15) is 4.79 Å². The van der Waals surface area contributed by atoms with Crippen LogP contribution in [-0.4, -0.2) is 26.1 Å². The molecule has 0 radical (unpaired) electrons. The number of methoxy groups -OCH3 is 1. The first-order valence-corrected chi connectivity index (χ1v) is 7.62. The molecule has 0 aromatic heterocycles. The zero-order valence-electron chi connectivity index (χ0n) is 12.2. The number of benzene rings is 1. The Morgan fingerprint density at radius 2 is 2.05 bits per heavy atom. The summed E-state index contributed by atoms with van der Waals surface area (Å²) in [6, 6.07) is 3.84. The molecule has 1 saturated heterocycles. The highest BCUT2D eigenvalue weighted by molar-refractivity contribution is 9.10. The van der Waals surface area contributed by atoms with Gasteiger partial charge in [-0.05, 0) is 50.6 Å². The maximum absolute atomic E-state index is 12.6. The lowest BCUT2D eigenvalue weighted by molar-refractivity contribution is -0.126. The van der Waals surface area contributed by atoms with Crippen LogP contribution in [0.5, 0.6) is 5.75 Å². The van der Waals surface area contributed by atoms with E-state index in [0.29, 0.717) is 5.75 Å². The third-order valence-electron chi connectivity index (χ3n) is 3.98. The van der Waals surface area contributed by atoms with Gasteiger partial charge in [0.05, 0.1) is 12.8 Å². The molecular weight excluding hydrogens is 320 g/mol. The zero-order chi connectivity index (χ0) is 14.8. The molecule has 1 fully saturated rings. The lowest BCUT2D eigenvalue weighted by atomic mass is 9.80. The van der Waals surface area contributed by atoms with Gasteiger partial charge < -0.3 is 15.4 Å². The van der Waals surface area contributed by atoms with Crippen LogP contribution in [0.25, 0.3) is 0 Å². The van der Waals surface area contributed by atoms with E-state index in [1.165, 1.54) is 0 Å². The summed E-state index contributed by atoms with van der Waals surface area (Å²) in [5, 5.41) is 6.34. The lowest BCUT2D eigenvalue weighted by Gasteiger charge is -2.33. The van der Waals surface area contributed by atoms with E-state index in [2.05, 4.69) is 26.6 Å². The summed E-state index contributed by atoms with van der Waals surface area (Å²) in [5.74, 6) is 0.755. The normalized spacial score (nSPS) is 17.6. The Bertz CT molecular complexity index is 511. The van der Waals surface area contributed by atoms with Gasteiger partial charge in [0.25, 0.3) is 0 Å². The Morgan fingerprint density at radius 1 is 1.40 bits per heavy atom. The predicted molar refractivity (Wildman–Crippen MR) is 84.3 cm³/mol. The molecule has 0 saturated carbocycles. The summed E-state index contributed by atoms with van der Waals surface area (Å²) in [7, 11) is 1.61. The number of halogens is 1. The fourth-order valence-electron chi connectivity index (χ4n) is 2.50. The van der Waals surface area contributed by atoms with E-state index >= 15 is 0 Å². The van der Waals surface area contributed by atoms with Gasteiger partial charge in [-0.15, -0.1) is 0 Å². The summed E-state index contributed by atoms with van der Waals surface area (Å²) in [5.41, 5.74) is 1.44. The number of piperidine rings is 1. The highest BCUT2D eigenvalue weighted by Gasteiger charge is 2.35. The summed E-state index contributed by atoms with van der Waals surface area (Å²) < 4.78 is 6.31. The van der Waals surface area contributed by atoms with Crippen LogP contribution >= 0.6 is 15.9 Å². The third kappa shape index (κ3) is 3.15. The second-order valence-electron chi connectivity index (χ2n) is 5.56. The molecule has 20 heavy (non-hydrogen) atoms. The fraction of sp³-hybridized carbons (Fsp3) is 0.533. The molecule has 0 atom stereocenters. The number of hydrogen-bond acceptors (Lipinski definition) is 3. The number of anilines is 1. The molecule has 1 aliphatic heterocycles. The van der Waals surface area contributed by atoms with Gasteiger partial charge >= 0.3 is 0 Å². The number of carbonyl (C=O) groups is 1. The van der Waals surface area contributed by atoms with Crippen molar-refractivity contribution in [1.82, 2.24) is 5.32 Å². The Labute approximate surface area is 128 Å². The van der Waals surface area contributed by atoms with Crippen LogP contribution in [0.1, 0.15) is 25.3 Å². The number of rotatable bonds is 3. The number of hydrogen-bond donors (Lipinski definition) is 2. The van der Waals surface area contributed by atoms with Gasteiger partial charge in [0.1, 0.15) is 5.75 Å². The molecule has 5 heteroatoms. The van der Waals surface area contributed by atoms with Crippen molar-refractivity contribution in [3.63, 3.8) is 0 Å². The van der Waals surface area contributed by atoms with Crippen molar-refractivity contribution >= 4 is 27.5 Å². The smallest absolute Gasteiger partial charge is 0.230 e. The summed E-state index contributed by atoms with van der Waals surface area (Å²) in [4.78, 5) is 12.6. The number of ether oxygens (including phenoxy) is 1. The van der Waals surface area contributed by atoms with Crippen LogP contribution in [0.2, 0.25) is 0 Å². The van der Waals surface area contributed by atoms with Crippen LogP contribution in [-0.2, 0) is 4.79 Å². The second kappa shape index (κ2) is 6.14. The summed E-state index contributed by atoms with van der Waals surface area (Å²) >= 11 is 3.44. The van der Waals surface area contributed by atoms with Crippen molar-refractivity contribution in [3.05, 3.63) is 22.2 Å². The Morgan fingerprint density at radius 3 is 2.65 bits per heavy atom. The van der Waals surface area contributed by atoms with Crippen molar-refractivity contribution < 1.29 is 9.53 Å². The fourth-order valence-corrected chi connectivity index (χ4v) is 3.05. The molecular formula is C15H21BrN2O2. The van der Waals surface area contributed by atoms with Crippen LogP contribution in [0.15, 0.2) is 16.6 Å². The first kappa shape index (κ1) is 15.3. The summed E-state index contributed by atoms with van der Waals surface area (Å²) in [6.07, 6.45) is 1.72. The average Bonchev–Trinajstić information content (AvgIpc) is 2.42. The van der Waals surface area contributed by atoms with E-state index in [0.717, 1.165) is 41.7 Å². The first-order valence-electron chi connectivity index (χ1n) is 6.82. The van der Waals surface area contributed by atoms with Crippen molar-refractivity contribution in [3.8, 4) is 5.75 Å². The van der Waals surface area contributed by atoms with Gasteiger partial charge in [-0.25, -0.2) is 0 Å². The van der Waals surface area contributed by atoms with Gasteiger partial charge in [-0.2, -0.15) is 0 Å². The van der Waals surface area contributed by atoms with Crippen LogP contribution in [0, 0.1) is 12.3 Å². The Kier molecular flexibility index (Phi) is 4.70. The quantitative estimate of drug-likeness (QED) is 0.888. The molecule has 1 aliphatic rings. The number of amides is 1. The lowest BCUT2D eigenvalue weighted by Crippen LogP contribution is -2.43. The van der Waals surface area contributed by atoms with E-state index in [1.807, 2.05) is 26.0 Å². The molecule has 0 bridgehead atoms. The molecule has 110 valence electrons. The molecule has 1 aromatic carbocycles. The number of carbonyl (C=O) groups excluding carboxylic acids is 1. The SMILES string of the molecule is COc1cc(Br)cc(C)c1NC(=O)C1(C)CCNCC1. The molecule has 4 nitrogen and oxygen atoms in total. The maximum atomic E-state index is 12.6. The minimum atomic E-state index is -0.310. The Hall–Kier alpha value is -1.07. The largest absolute Gasteiger partial charge is 0.495 e. The maximum Gasteiger partial charge on any atom is 0.230 e. The third-order valence-corrected chi connectivity index (χ3v) is 4.44. The summed E-state index contributed by atoms with van der Waals surface area (Å²) in [6.45, 7) is 5.78. The van der Waals surface area contributed by atoms with E-state index in [4.69, 9.17) is 4.74 Å². The van der Waals surface area contributed by atoms with E-state index in [1.54, 1.807) is 7.11 Å². The topological polar surface area (TPSA) is 50.4 Å². The first-order chi connectivity index (χ1) is 9.46. The van der Waals surface area contributed by atoms with E-state index < -0.39 is 0 Å². The zero-order valence-corrected chi connectivity index (χ0v) is 13.8. The highest BCUT2D eigenvalue weighted by atomic mass is 79.9. The van der Waals surface area contributed by atoms with Gasteiger partial charge in [-0.1, -0.05) is 22.9 Å². The van der Waals surface area contributed by atoms with Crippen molar-refractivity contribution in [1.29, 1.82) is 0 Å². The second-order valence-corrected chi connectivity index (χ2v) is 6.48. The standard InChI is InChI=1S/C15H21BrN2O2/c1-10-8-11(16)9-12(20-3)13(10)18-14(19)15(2)4-6-17-7-5-15/h8-9,17H,4-7H2,1-3H3,(H,18,19). The Balaban J connectivity index is 2.23. The van der Waals surface area contributed by atoms with Gasteiger partial charge in [0, 0.05) is 9.89 Å². The van der Waals surface area contributed by atoms with Crippen molar-refractivity contribution in [2.24, 2.45) is 5.41 Å². The van der Waals surface area contributed by atoms with Crippen LogP contribution in [0.3, 0.4) is 0 Å². The van der Waals surface area contributed by atoms with Crippen LogP contribution in [0.4, 0.5) is 5.69 Å². The molecule has 1 amide bonds. The van der Waals surface area contributed by atoms with Crippen LogP contribution < -0.4 is 15.4 Å². The minimum absolute atomic E-state index is 0.0720. The number of aryl methyl sites for hydroxylation is 1. The van der Waals surface area contributed by atoms with Crippen molar-refractivity contribution in [2.45, 2.75) is 26.7 Å². The molecule has 2 N–H and O–H groups in total.